The molecule has 2 rings (SSSR count). The van der Waals surface area contributed by atoms with Crippen LogP contribution in [0.25, 0.3) is 0 Å². The van der Waals surface area contributed by atoms with Crippen molar-refractivity contribution in [2.24, 2.45) is 5.14 Å². The lowest BCUT2D eigenvalue weighted by Gasteiger charge is -2.14. The topological polar surface area (TPSA) is 81.4 Å². The van der Waals surface area contributed by atoms with Crippen molar-refractivity contribution in [1.29, 1.82) is 0 Å². The van der Waals surface area contributed by atoms with Gasteiger partial charge in [0.15, 0.2) is 0 Å². The first kappa shape index (κ1) is 19.4. The molecule has 0 bridgehead atoms. The van der Waals surface area contributed by atoms with Crippen LogP contribution < -0.4 is 15.2 Å². The van der Waals surface area contributed by atoms with E-state index in [0.717, 1.165) is 37.1 Å². The van der Waals surface area contributed by atoms with Gasteiger partial charge in [-0.1, -0.05) is 24.3 Å². The van der Waals surface area contributed by atoms with E-state index in [9.17, 15) is 8.42 Å². The number of nitrogens with two attached hydrogens (primary N) is 1. The number of sulfonamides is 1. The van der Waals surface area contributed by atoms with E-state index in [1.165, 1.54) is 5.56 Å². The predicted molar refractivity (Wildman–Crippen MR) is 100 cm³/mol. The molecule has 0 aliphatic heterocycles. The van der Waals surface area contributed by atoms with Gasteiger partial charge in [-0.05, 0) is 68.1 Å². The molecule has 0 spiro atoms. The molecule has 0 heterocycles. The van der Waals surface area contributed by atoms with Crippen molar-refractivity contribution in [3.63, 3.8) is 0 Å². The molecule has 0 radical (unpaired) electrons. The third-order valence-electron chi connectivity index (χ3n) is 4.18. The van der Waals surface area contributed by atoms with Crippen LogP contribution in [0, 0.1) is 0 Å². The van der Waals surface area contributed by atoms with Crippen LogP contribution in [0.2, 0.25) is 0 Å². The molecule has 0 saturated carbocycles. The van der Waals surface area contributed by atoms with Gasteiger partial charge in [0, 0.05) is 6.04 Å². The number of rotatable bonds is 9. The molecule has 1 unspecified atom stereocenters. The third kappa shape index (κ3) is 6.49. The number of primary sulfonamides is 1. The Hall–Kier alpha value is -1.89. The monoisotopic (exact) mass is 362 g/mol. The zero-order valence-corrected chi connectivity index (χ0v) is 15.6. The number of nitrogens with one attached hydrogen (secondary N) is 1. The number of benzene rings is 2. The molecule has 0 amide bonds. The molecule has 3 N–H and O–H groups in total. The fourth-order valence-corrected chi connectivity index (χ4v) is 3.10. The van der Waals surface area contributed by atoms with Gasteiger partial charge in [0.1, 0.15) is 5.75 Å². The van der Waals surface area contributed by atoms with Gasteiger partial charge in [0.05, 0.1) is 12.0 Å². The van der Waals surface area contributed by atoms with Crippen molar-refractivity contribution >= 4 is 10.0 Å². The molecule has 136 valence electrons. The first-order valence-corrected chi connectivity index (χ1v) is 9.91. The summed E-state index contributed by atoms with van der Waals surface area (Å²) in [4.78, 5) is 0.150. The second kappa shape index (κ2) is 8.99. The Bertz CT molecular complexity index is 756. The minimum atomic E-state index is -3.62. The highest BCUT2D eigenvalue weighted by Crippen LogP contribution is 2.13. The Balaban J connectivity index is 1.71. The highest BCUT2D eigenvalue weighted by atomic mass is 32.2. The number of methoxy groups -OCH3 is 1. The van der Waals surface area contributed by atoms with Gasteiger partial charge in [-0.3, -0.25) is 0 Å². The number of hydrogen-bond acceptors (Lipinski definition) is 4. The number of ether oxygens (including phenoxy) is 1. The van der Waals surface area contributed by atoms with Crippen LogP contribution in [-0.4, -0.2) is 28.1 Å². The van der Waals surface area contributed by atoms with Gasteiger partial charge in [0.2, 0.25) is 10.0 Å². The minimum Gasteiger partial charge on any atom is -0.497 e. The Morgan fingerprint density at radius 1 is 1.00 bits per heavy atom. The maximum atomic E-state index is 11.2. The van der Waals surface area contributed by atoms with E-state index in [1.807, 2.05) is 24.3 Å². The molecule has 25 heavy (non-hydrogen) atoms. The first-order valence-electron chi connectivity index (χ1n) is 8.36. The van der Waals surface area contributed by atoms with Crippen molar-refractivity contribution in [3.05, 3.63) is 59.7 Å². The second-order valence-corrected chi connectivity index (χ2v) is 7.74. The lowest BCUT2D eigenvalue weighted by atomic mass is 10.1. The molecule has 6 heteroatoms. The van der Waals surface area contributed by atoms with Gasteiger partial charge in [-0.25, -0.2) is 13.6 Å². The highest BCUT2D eigenvalue weighted by molar-refractivity contribution is 7.89. The second-order valence-electron chi connectivity index (χ2n) is 6.18. The summed E-state index contributed by atoms with van der Waals surface area (Å²) in [6.07, 6.45) is 2.91. The van der Waals surface area contributed by atoms with Crippen LogP contribution in [0.5, 0.6) is 5.75 Å². The van der Waals surface area contributed by atoms with E-state index in [-0.39, 0.29) is 4.90 Å². The zero-order chi connectivity index (χ0) is 18.3. The maximum Gasteiger partial charge on any atom is 0.238 e. The summed E-state index contributed by atoms with van der Waals surface area (Å²) in [6, 6.07) is 15.3. The van der Waals surface area contributed by atoms with E-state index in [4.69, 9.17) is 9.88 Å². The van der Waals surface area contributed by atoms with E-state index >= 15 is 0 Å². The van der Waals surface area contributed by atoms with Crippen molar-refractivity contribution in [1.82, 2.24) is 5.32 Å². The summed E-state index contributed by atoms with van der Waals surface area (Å²) in [7, 11) is -1.95. The Morgan fingerprint density at radius 2 is 1.56 bits per heavy atom. The average Bonchev–Trinajstić information content (AvgIpc) is 2.60. The van der Waals surface area contributed by atoms with Gasteiger partial charge in [-0.15, -0.1) is 0 Å². The Labute approximate surface area is 150 Å². The van der Waals surface area contributed by atoms with Crippen molar-refractivity contribution in [2.45, 2.75) is 37.1 Å². The molecule has 0 aliphatic rings. The van der Waals surface area contributed by atoms with Gasteiger partial charge in [-0.2, -0.15) is 0 Å². The van der Waals surface area contributed by atoms with Crippen LogP contribution in [0.1, 0.15) is 24.5 Å². The van der Waals surface area contributed by atoms with Crippen LogP contribution >= 0.6 is 0 Å². The van der Waals surface area contributed by atoms with Crippen LogP contribution in [0.15, 0.2) is 53.4 Å². The summed E-state index contributed by atoms with van der Waals surface area (Å²) in [5, 5.41) is 8.60. The predicted octanol–water partition coefficient (Wildman–Crippen LogP) is 2.50. The van der Waals surface area contributed by atoms with Gasteiger partial charge in [0.25, 0.3) is 0 Å². The van der Waals surface area contributed by atoms with Crippen LogP contribution in [0.4, 0.5) is 0 Å². The number of aryl methyl sites for hydroxylation is 1. The van der Waals surface area contributed by atoms with Crippen molar-refractivity contribution in [2.75, 3.05) is 13.7 Å². The maximum absolute atomic E-state index is 11.2. The van der Waals surface area contributed by atoms with Crippen LogP contribution in [0.3, 0.4) is 0 Å². The van der Waals surface area contributed by atoms with Gasteiger partial charge >= 0.3 is 0 Å². The fraction of sp³-hybridized carbons (Fsp3) is 0.368. The summed E-state index contributed by atoms with van der Waals surface area (Å²) < 4.78 is 27.6. The molecule has 1 atom stereocenters. The van der Waals surface area contributed by atoms with Crippen molar-refractivity contribution < 1.29 is 13.2 Å². The fourth-order valence-electron chi connectivity index (χ4n) is 2.59. The lowest BCUT2D eigenvalue weighted by Crippen LogP contribution is -2.28. The summed E-state index contributed by atoms with van der Waals surface area (Å²) in [5.74, 6) is 0.878. The quantitative estimate of drug-likeness (QED) is 0.718. The Morgan fingerprint density at radius 3 is 2.12 bits per heavy atom. The average molecular weight is 362 g/mol. The third-order valence-corrected chi connectivity index (χ3v) is 5.11. The van der Waals surface area contributed by atoms with E-state index in [0.29, 0.717) is 6.04 Å². The largest absolute Gasteiger partial charge is 0.497 e. The summed E-state index contributed by atoms with van der Waals surface area (Å²) in [6.45, 7) is 3.02. The molecule has 0 fully saturated rings. The van der Waals surface area contributed by atoms with E-state index < -0.39 is 10.0 Å². The highest BCUT2D eigenvalue weighted by Gasteiger charge is 2.07. The summed E-state index contributed by atoms with van der Waals surface area (Å²) in [5.41, 5.74) is 2.38. The minimum absolute atomic E-state index is 0.150. The smallest absolute Gasteiger partial charge is 0.238 e. The molecule has 0 aromatic heterocycles. The zero-order valence-electron chi connectivity index (χ0n) is 14.7. The normalized spacial score (nSPS) is 12.8. The number of hydrogen-bond donors (Lipinski definition) is 2. The molecular weight excluding hydrogens is 336 g/mol. The molecule has 0 saturated heterocycles. The lowest BCUT2D eigenvalue weighted by molar-refractivity contribution is 0.414. The molecular formula is C19H26N2O3S. The van der Waals surface area contributed by atoms with E-state index in [1.54, 1.807) is 19.2 Å². The standard InChI is InChI=1S/C19H26N2O3S/c1-15(3-4-16-5-9-18(24-2)10-6-16)21-14-13-17-7-11-19(12-8-17)25(20,22)23/h5-12,15,21H,3-4,13-14H2,1-2H3,(H2,20,22,23). The molecule has 2 aromatic rings. The van der Waals surface area contributed by atoms with Gasteiger partial charge < -0.3 is 10.1 Å². The van der Waals surface area contributed by atoms with Crippen molar-refractivity contribution in [3.8, 4) is 5.75 Å². The Kier molecular flexibility index (Phi) is 6.99. The molecule has 0 aliphatic carbocycles. The summed E-state index contributed by atoms with van der Waals surface area (Å²) >= 11 is 0. The SMILES string of the molecule is COc1ccc(CCC(C)NCCc2ccc(S(N)(=O)=O)cc2)cc1. The first-order chi connectivity index (χ1) is 11.9. The molecule has 2 aromatic carbocycles. The van der Waals surface area contributed by atoms with Crippen LogP contribution in [-0.2, 0) is 22.9 Å². The van der Waals surface area contributed by atoms with E-state index in [2.05, 4.69) is 24.4 Å². The molecule has 5 nitrogen and oxygen atoms in total.